The second kappa shape index (κ2) is 6.91. The van der Waals surface area contributed by atoms with Crippen LogP contribution in [0.5, 0.6) is 0 Å². The molecule has 0 aromatic rings. The monoisotopic (exact) mass is 313 g/mol. The van der Waals surface area contributed by atoms with E-state index in [1.54, 1.807) is 0 Å². The quantitative estimate of drug-likeness (QED) is 0.476. The lowest BCUT2D eigenvalue weighted by Crippen LogP contribution is -2.40. The smallest absolute Gasteiger partial charge is 0.256 e. The van der Waals surface area contributed by atoms with Gasteiger partial charge >= 0.3 is 0 Å². The lowest BCUT2D eigenvalue weighted by atomic mass is 10.1. The van der Waals surface area contributed by atoms with Gasteiger partial charge in [-0.3, -0.25) is 0 Å². The maximum absolute atomic E-state index is 11.4. The van der Waals surface area contributed by atoms with Gasteiger partial charge in [-0.1, -0.05) is 13.8 Å². The molecule has 0 spiro atoms. The summed E-state index contributed by atoms with van der Waals surface area (Å²) in [7, 11) is -3.04. The van der Waals surface area contributed by atoms with Gasteiger partial charge in [0.1, 0.15) is 0 Å². The summed E-state index contributed by atoms with van der Waals surface area (Å²) in [5.74, 6) is 0.668. The molecule has 4 nitrogen and oxygen atoms in total. The van der Waals surface area contributed by atoms with E-state index in [1.807, 2.05) is 0 Å². The Morgan fingerprint density at radius 3 is 2.67 bits per heavy atom. The summed E-state index contributed by atoms with van der Waals surface area (Å²) in [5.41, 5.74) is 0. The summed E-state index contributed by atoms with van der Waals surface area (Å²) in [4.78, 5) is 0. The number of alkyl halides is 1. The van der Waals surface area contributed by atoms with Gasteiger partial charge in [-0.2, -0.15) is 0 Å². The summed E-state index contributed by atoms with van der Waals surface area (Å²) >= 11 is 11.0. The number of halogens is 1. The maximum Gasteiger partial charge on any atom is 0.256 e. The van der Waals surface area contributed by atoms with Crippen molar-refractivity contribution < 1.29 is 13.2 Å². The second-order valence-corrected chi connectivity index (χ2v) is 8.10. The number of hydrogen-bond acceptors (Lipinski definition) is 4. The van der Waals surface area contributed by atoms with Crippen LogP contribution < -0.4 is 5.32 Å². The summed E-state index contributed by atoms with van der Waals surface area (Å²) in [6, 6.07) is -0.339. The Bertz CT molecular complexity index is 384. The molecule has 106 valence electrons. The van der Waals surface area contributed by atoms with Crippen molar-refractivity contribution in [1.29, 1.82) is 0 Å². The minimum atomic E-state index is -3.04. The van der Waals surface area contributed by atoms with Crippen molar-refractivity contribution >= 4 is 38.8 Å². The van der Waals surface area contributed by atoms with Crippen LogP contribution in [0.3, 0.4) is 0 Å². The van der Waals surface area contributed by atoms with Gasteiger partial charge in [-0.15, -0.1) is 11.6 Å². The molecule has 0 aromatic carbocycles. The predicted molar refractivity (Wildman–Crippen MR) is 77.8 cm³/mol. The Kier molecular flexibility index (Phi) is 6.14. The molecule has 0 unspecified atom stereocenters. The molecule has 0 aromatic heterocycles. The summed E-state index contributed by atoms with van der Waals surface area (Å²) < 4.78 is 28.1. The number of nitrogens with one attached hydrogen (secondary N) is 1. The van der Waals surface area contributed by atoms with E-state index in [2.05, 4.69) is 19.2 Å². The standard InChI is InChI=1S/C11H20ClNO3S2/c1-8(2)4-3-5-16-11(17)13-10-7-18(14,15)6-9(10)12/h8-10H,3-7H2,1-2H3,(H,13,17)/t9-,10+/m1/s1. The Balaban J connectivity index is 2.24. The van der Waals surface area contributed by atoms with Crippen molar-refractivity contribution in [2.24, 2.45) is 5.92 Å². The number of ether oxygens (including phenoxy) is 1. The SMILES string of the molecule is CC(C)CCCOC(=S)N[C@H]1CS(=O)(=O)C[C@H]1Cl. The van der Waals surface area contributed by atoms with Crippen LogP contribution in [0.2, 0.25) is 0 Å². The zero-order valence-corrected chi connectivity index (χ0v) is 13.1. The molecule has 0 radical (unpaired) electrons. The molecular formula is C11H20ClNO3S2. The molecule has 18 heavy (non-hydrogen) atoms. The minimum absolute atomic E-state index is 0.00217. The first-order chi connectivity index (χ1) is 8.30. The van der Waals surface area contributed by atoms with Crippen LogP contribution in [0.4, 0.5) is 0 Å². The van der Waals surface area contributed by atoms with Crippen LogP contribution >= 0.6 is 23.8 Å². The van der Waals surface area contributed by atoms with Gasteiger partial charge in [0.15, 0.2) is 9.84 Å². The molecular weight excluding hydrogens is 294 g/mol. The third-order valence-electron chi connectivity index (χ3n) is 2.75. The molecule has 1 aliphatic rings. The van der Waals surface area contributed by atoms with E-state index in [0.29, 0.717) is 12.5 Å². The fraction of sp³-hybridized carbons (Fsp3) is 0.909. The largest absolute Gasteiger partial charge is 0.471 e. The Morgan fingerprint density at radius 2 is 2.17 bits per heavy atom. The van der Waals surface area contributed by atoms with E-state index in [-0.39, 0.29) is 22.7 Å². The molecule has 1 aliphatic heterocycles. The first-order valence-corrected chi connectivity index (χ1v) is 8.74. The van der Waals surface area contributed by atoms with Gasteiger partial charge in [0.25, 0.3) is 5.17 Å². The van der Waals surface area contributed by atoms with Gasteiger partial charge in [-0.05, 0) is 31.0 Å². The fourth-order valence-corrected chi connectivity index (χ4v) is 4.57. The summed E-state index contributed by atoms with van der Waals surface area (Å²) in [6.45, 7) is 4.85. The van der Waals surface area contributed by atoms with Crippen molar-refractivity contribution in [2.75, 3.05) is 18.1 Å². The number of sulfone groups is 1. The Hall–Kier alpha value is -0.0700. The predicted octanol–water partition coefficient (Wildman–Crippen LogP) is 1.72. The van der Waals surface area contributed by atoms with Gasteiger partial charge in [-0.25, -0.2) is 8.42 Å². The highest BCUT2D eigenvalue weighted by atomic mass is 35.5. The first kappa shape index (κ1) is 16.0. The summed E-state index contributed by atoms with van der Waals surface area (Å²) in [5, 5.41) is 2.67. The third kappa shape index (κ3) is 5.71. The van der Waals surface area contributed by atoms with Crippen molar-refractivity contribution in [3.05, 3.63) is 0 Å². The number of thiocarbonyl (C=S) groups is 1. The molecule has 0 bridgehead atoms. The van der Waals surface area contributed by atoms with Crippen LogP contribution in [0.25, 0.3) is 0 Å². The molecule has 1 saturated heterocycles. The maximum atomic E-state index is 11.4. The average Bonchev–Trinajstić information content (AvgIpc) is 2.46. The van der Waals surface area contributed by atoms with Crippen molar-refractivity contribution in [2.45, 2.75) is 38.1 Å². The lowest BCUT2D eigenvalue weighted by molar-refractivity contribution is 0.277. The Labute approximate surface area is 119 Å². The highest BCUT2D eigenvalue weighted by molar-refractivity contribution is 7.91. The first-order valence-electron chi connectivity index (χ1n) is 6.08. The molecule has 2 atom stereocenters. The molecule has 7 heteroatoms. The van der Waals surface area contributed by atoms with E-state index in [4.69, 9.17) is 28.6 Å². The highest BCUT2D eigenvalue weighted by Gasteiger charge is 2.36. The summed E-state index contributed by atoms with van der Waals surface area (Å²) in [6.07, 6.45) is 2.02. The molecule has 1 heterocycles. The van der Waals surface area contributed by atoms with Crippen LogP contribution in [-0.4, -0.2) is 43.1 Å². The minimum Gasteiger partial charge on any atom is -0.471 e. The van der Waals surface area contributed by atoms with E-state index in [9.17, 15) is 8.42 Å². The van der Waals surface area contributed by atoms with Crippen molar-refractivity contribution in [1.82, 2.24) is 5.32 Å². The van der Waals surface area contributed by atoms with Gasteiger partial charge in [0.05, 0.1) is 29.5 Å². The molecule has 1 rings (SSSR count). The molecule has 1 N–H and O–H groups in total. The number of hydrogen-bond donors (Lipinski definition) is 1. The fourth-order valence-electron chi connectivity index (χ4n) is 1.79. The molecule has 1 fully saturated rings. The van der Waals surface area contributed by atoms with Crippen LogP contribution in [0.1, 0.15) is 26.7 Å². The lowest BCUT2D eigenvalue weighted by Gasteiger charge is -2.16. The van der Waals surface area contributed by atoms with E-state index in [0.717, 1.165) is 12.8 Å². The van der Waals surface area contributed by atoms with Crippen molar-refractivity contribution in [3.63, 3.8) is 0 Å². The normalized spacial score (nSPS) is 26.2. The van der Waals surface area contributed by atoms with Crippen LogP contribution in [0.15, 0.2) is 0 Å². The van der Waals surface area contributed by atoms with Gasteiger partial charge < -0.3 is 10.1 Å². The Morgan fingerprint density at radius 1 is 1.50 bits per heavy atom. The zero-order chi connectivity index (χ0) is 13.8. The number of rotatable bonds is 5. The van der Waals surface area contributed by atoms with E-state index in [1.165, 1.54) is 0 Å². The molecule has 0 amide bonds. The molecule has 0 saturated carbocycles. The van der Waals surface area contributed by atoms with Gasteiger partial charge in [0.2, 0.25) is 0 Å². The second-order valence-electron chi connectivity index (χ2n) is 5.02. The topological polar surface area (TPSA) is 55.4 Å². The van der Waals surface area contributed by atoms with Crippen molar-refractivity contribution in [3.8, 4) is 0 Å². The van der Waals surface area contributed by atoms with E-state index >= 15 is 0 Å². The van der Waals surface area contributed by atoms with Crippen LogP contribution in [-0.2, 0) is 14.6 Å². The third-order valence-corrected chi connectivity index (χ3v) is 5.36. The zero-order valence-electron chi connectivity index (χ0n) is 10.7. The van der Waals surface area contributed by atoms with E-state index < -0.39 is 15.2 Å². The van der Waals surface area contributed by atoms with Gasteiger partial charge in [0, 0.05) is 0 Å². The highest BCUT2D eigenvalue weighted by Crippen LogP contribution is 2.18. The average molecular weight is 314 g/mol. The molecule has 0 aliphatic carbocycles. The van der Waals surface area contributed by atoms with Crippen LogP contribution in [0, 0.1) is 5.92 Å².